The molecule has 3 aromatic carbocycles. The first-order valence-corrected chi connectivity index (χ1v) is 15.7. The van der Waals surface area contributed by atoms with Crippen LogP contribution in [-0.2, 0) is 0 Å². The SMILES string of the molecule is O=c1ccc2ccc(OCCCCN3CCN(c4cccc5sccc45)CC3)cc2n1-c1cccc2sccc12. The fraction of sp³-hybridized carbons (Fsp3) is 0.242. The molecule has 7 heteroatoms. The number of anilines is 1. The molecule has 0 amide bonds. The van der Waals surface area contributed by atoms with E-state index >= 15 is 0 Å². The summed E-state index contributed by atoms with van der Waals surface area (Å²) >= 11 is 3.51. The Morgan fingerprint density at radius 1 is 0.725 bits per heavy atom. The van der Waals surface area contributed by atoms with E-state index in [0.29, 0.717) is 6.61 Å². The molecule has 0 radical (unpaired) electrons. The number of fused-ring (bicyclic) bond motifs is 3. The number of hydrogen-bond acceptors (Lipinski definition) is 6. The average Bonchev–Trinajstić information content (AvgIpc) is 3.67. The smallest absolute Gasteiger partial charge is 0.255 e. The summed E-state index contributed by atoms with van der Waals surface area (Å²) in [6.45, 7) is 6.11. The van der Waals surface area contributed by atoms with E-state index in [4.69, 9.17) is 4.74 Å². The second-order valence-corrected chi connectivity index (χ2v) is 12.2. The van der Waals surface area contributed by atoms with Crippen molar-refractivity contribution in [3.63, 3.8) is 0 Å². The predicted octanol–water partition coefficient (Wildman–Crippen LogP) is 7.40. The molecule has 0 saturated carbocycles. The number of unbranched alkanes of at least 4 members (excludes halogenated alkanes) is 1. The number of aromatic nitrogens is 1. The van der Waals surface area contributed by atoms with Crippen molar-refractivity contribution >= 4 is 59.4 Å². The summed E-state index contributed by atoms with van der Waals surface area (Å²) in [6, 6.07) is 26.7. The van der Waals surface area contributed by atoms with Crippen LogP contribution in [0.4, 0.5) is 5.69 Å². The lowest BCUT2D eigenvalue weighted by atomic mass is 10.1. The molecule has 5 nitrogen and oxygen atoms in total. The second-order valence-electron chi connectivity index (χ2n) is 10.3. The third-order valence-electron chi connectivity index (χ3n) is 7.91. The summed E-state index contributed by atoms with van der Waals surface area (Å²) in [6.07, 6.45) is 2.11. The Bertz CT molecular complexity index is 1850. The quantitative estimate of drug-likeness (QED) is 0.180. The van der Waals surface area contributed by atoms with E-state index in [1.165, 1.54) is 20.5 Å². The van der Waals surface area contributed by atoms with Crippen molar-refractivity contribution in [1.29, 1.82) is 0 Å². The van der Waals surface area contributed by atoms with Crippen LogP contribution in [0.5, 0.6) is 5.75 Å². The Morgan fingerprint density at radius 2 is 1.43 bits per heavy atom. The Balaban J connectivity index is 0.957. The minimum atomic E-state index is -0.0320. The van der Waals surface area contributed by atoms with Gasteiger partial charge in [-0.2, -0.15) is 0 Å². The topological polar surface area (TPSA) is 37.7 Å². The Labute approximate surface area is 241 Å². The maximum atomic E-state index is 13.0. The highest BCUT2D eigenvalue weighted by Gasteiger charge is 2.18. The van der Waals surface area contributed by atoms with Crippen molar-refractivity contribution in [2.45, 2.75) is 12.8 Å². The highest BCUT2D eigenvalue weighted by Crippen LogP contribution is 2.32. The van der Waals surface area contributed by atoms with Gasteiger partial charge in [-0.3, -0.25) is 14.3 Å². The Kier molecular flexibility index (Phi) is 7.02. The molecular weight excluding hydrogens is 535 g/mol. The van der Waals surface area contributed by atoms with E-state index < -0.39 is 0 Å². The van der Waals surface area contributed by atoms with Crippen molar-refractivity contribution in [2.24, 2.45) is 0 Å². The molecule has 7 rings (SSSR count). The lowest BCUT2D eigenvalue weighted by Crippen LogP contribution is -2.46. The number of pyridine rings is 1. The van der Waals surface area contributed by atoms with Crippen LogP contribution in [0.15, 0.2) is 94.4 Å². The summed E-state index contributed by atoms with van der Waals surface area (Å²) in [5.74, 6) is 0.806. The summed E-state index contributed by atoms with van der Waals surface area (Å²) in [7, 11) is 0. The van der Waals surface area contributed by atoms with Gasteiger partial charge in [0.25, 0.3) is 5.56 Å². The van der Waals surface area contributed by atoms with Crippen molar-refractivity contribution in [1.82, 2.24) is 9.47 Å². The standard InChI is InChI=1S/C33H31N3O2S2/c37-33-12-10-24-9-11-25(23-30(24)36(33)29-6-4-8-32-27(29)14-22-40-32)38-20-2-1-15-34-16-18-35(19-17-34)28-5-3-7-31-26(28)13-21-39-31/h3-14,21-23H,1-2,15-20H2. The van der Waals surface area contributed by atoms with Crippen LogP contribution in [-0.4, -0.2) is 48.8 Å². The Hall–Kier alpha value is -3.65. The maximum absolute atomic E-state index is 13.0. The van der Waals surface area contributed by atoms with Gasteiger partial charge in [0.1, 0.15) is 5.75 Å². The summed E-state index contributed by atoms with van der Waals surface area (Å²) in [4.78, 5) is 18.1. The Morgan fingerprint density at radius 3 is 2.20 bits per heavy atom. The molecule has 0 unspecified atom stereocenters. The maximum Gasteiger partial charge on any atom is 0.255 e. The number of benzene rings is 3. The van der Waals surface area contributed by atoms with Gasteiger partial charge in [-0.25, -0.2) is 0 Å². The zero-order chi connectivity index (χ0) is 26.9. The lowest BCUT2D eigenvalue weighted by molar-refractivity contribution is 0.239. The van der Waals surface area contributed by atoms with E-state index in [0.717, 1.165) is 73.3 Å². The van der Waals surface area contributed by atoms with Crippen molar-refractivity contribution < 1.29 is 4.74 Å². The van der Waals surface area contributed by atoms with Gasteiger partial charge in [0, 0.05) is 64.2 Å². The number of rotatable bonds is 8. The molecule has 0 bridgehead atoms. The van der Waals surface area contributed by atoms with Gasteiger partial charge < -0.3 is 9.64 Å². The molecule has 0 N–H and O–H groups in total. The molecule has 1 fully saturated rings. The number of piperazine rings is 1. The largest absolute Gasteiger partial charge is 0.494 e. The van der Waals surface area contributed by atoms with Gasteiger partial charge in [0.2, 0.25) is 0 Å². The molecule has 0 atom stereocenters. The molecule has 40 heavy (non-hydrogen) atoms. The highest BCUT2D eigenvalue weighted by molar-refractivity contribution is 7.17. The normalized spacial score (nSPS) is 14.4. The summed E-state index contributed by atoms with van der Waals surface area (Å²) in [5.41, 5.74) is 3.13. The molecular formula is C33H31N3O2S2. The fourth-order valence-electron chi connectivity index (χ4n) is 5.82. The number of nitrogens with zero attached hydrogens (tertiary/aromatic N) is 3. The van der Waals surface area contributed by atoms with Gasteiger partial charge in [-0.05, 0) is 90.1 Å². The van der Waals surface area contributed by atoms with E-state index in [9.17, 15) is 4.79 Å². The molecule has 3 aromatic heterocycles. The van der Waals surface area contributed by atoms with E-state index in [-0.39, 0.29) is 5.56 Å². The zero-order valence-electron chi connectivity index (χ0n) is 22.3. The molecule has 6 aromatic rings. The van der Waals surface area contributed by atoms with Crippen LogP contribution in [0.25, 0.3) is 36.8 Å². The van der Waals surface area contributed by atoms with Gasteiger partial charge in [0.15, 0.2) is 0 Å². The first kappa shape index (κ1) is 25.3. The van der Waals surface area contributed by atoms with Crippen LogP contribution in [0.3, 0.4) is 0 Å². The van der Waals surface area contributed by atoms with Crippen molar-refractivity contribution in [3.05, 3.63) is 100.0 Å². The van der Waals surface area contributed by atoms with Gasteiger partial charge in [0.05, 0.1) is 17.8 Å². The van der Waals surface area contributed by atoms with Crippen LogP contribution < -0.4 is 15.2 Å². The monoisotopic (exact) mass is 565 g/mol. The van der Waals surface area contributed by atoms with E-state index in [1.54, 1.807) is 17.4 Å². The number of ether oxygens (including phenoxy) is 1. The fourth-order valence-corrected chi connectivity index (χ4v) is 7.43. The van der Waals surface area contributed by atoms with Crippen molar-refractivity contribution in [3.8, 4) is 11.4 Å². The number of hydrogen-bond donors (Lipinski definition) is 0. The van der Waals surface area contributed by atoms with Gasteiger partial charge in [-0.1, -0.05) is 12.1 Å². The third-order valence-corrected chi connectivity index (χ3v) is 9.67. The first-order chi connectivity index (χ1) is 19.7. The predicted molar refractivity (Wildman–Crippen MR) is 170 cm³/mol. The molecule has 1 aliphatic rings. The van der Waals surface area contributed by atoms with Crippen LogP contribution in [0.2, 0.25) is 0 Å². The van der Waals surface area contributed by atoms with Gasteiger partial charge >= 0.3 is 0 Å². The molecule has 0 spiro atoms. The van der Waals surface area contributed by atoms with Crippen molar-refractivity contribution in [2.75, 3.05) is 44.2 Å². The average molecular weight is 566 g/mol. The van der Waals surface area contributed by atoms with Crippen LogP contribution in [0, 0.1) is 0 Å². The summed E-state index contributed by atoms with van der Waals surface area (Å²) in [5, 5.41) is 7.76. The molecule has 0 aliphatic carbocycles. The molecule has 1 aliphatic heterocycles. The van der Waals surface area contributed by atoms with Crippen LogP contribution >= 0.6 is 22.7 Å². The third kappa shape index (κ3) is 4.89. The first-order valence-electron chi connectivity index (χ1n) is 13.9. The van der Waals surface area contributed by atoms with Gasteiger partial charge in [-0.15, -0.1) is 22.7 Å². The zero-order valence-corrected chi connectivity index (χ0v) is 23.9. The highest BCUT2D eigenvalue weighted by atomic mass is 32.1. The molecule has 202 valence electrons. The molecule has 4 heterocycles. The lowest BCUT2D eigenvalue weighted by Gasteiger charge is -2.36. The van der Waals surface area contributed by atoms with Crippen LogP contribution in [0.1, 0.15) is 12.8 Å². The summed E-state index contributed by atoms with van der Waals surface area (Å²) < 4.78 is 10.5. The minimum Gasteiger partial charge on any atom is -0.494 e. The van der Waals surface area contributed by atoms with E-state index in [2.05, 4.69) is 57.0 Å². The second kappa shape index (κ2) is 11.1. The molecule has 1 saturated heterocycles. The minimum absolute atomic E-state index is 0.0320. The van der Waals surface area contributed by atoms with E-state index in [1.807, 2.05) is 52.3 Å². The number of thiophene rings is 2.